The van der Waals surface area contributed by atoms with Crippen LogP contribution in [-0.2, 0) is 0 Å². The summed E-state index contributed by atoms with van der Waals surface area (Å²) in [7, 11) is 0. The minimum absolute atomic E-state index is 0.686. The average Bonchev–Trinajstić information content (AvgIpc) is 3.85. The molecule has 0 atom stereocenters. The molecule has 9 heteroatoms. The summed E-state index contributed by atoms with van der Waals surface area (Å²) in [5.74, 6) is 0. The molecule has 0 unspecified atom stereocenters. The van der Waals surface area contributed by atoms with Crippen molar-refractivity contribution >= 4 is 66.1 Å². The summed E-state index contributed by atoms with van der Waals surface area (Å²) in [6, 6.07) is 45.3. The number of furan rings is 1. The average molecular weight is 657 g/mol. The molecular formula is C42H24N8O. The molecule has 0 spiro atoms. The summed E-state index contributed by atoms with van der Waals surface area (Å²) < 4.78 is 10.6. The number of para-hydroxylation sites is 2. The maximum Gasteiger partial charge on any atom is 0.168 e. The van der Waals surface area contributed by atoms with E-state index in [9.17, 15) is 0 Å². The van der Waals surface area contributed by atoms with Crippen LogP contribution in [0, 0.1) is 0 Å². The lowest BCUT2D eigenvalue weighted by molar-refractivity contribution is 0.667. The number of hydrogen-bond donors (Lipinski definition) is 0. The first-order valence-electron chi connectivity index (χ1n) is 16.6. The van der Waals surface area contributed by atoms with Gasteiger partial charge >= 0.3 is 0 Å². The van der Waals surface area contributed by atoms with Crippen LogP contribution < -0.4 is 0 Å². The molecule has 0 aliphatic carbocycles. The van der Waals surface area contributed by atoms with E-state index in [2.05, 4.69) is 90.2 Å². The highest BCUT2D eigenvalue weighted by Crippen LogP contribution is 2.37. The molecule has 7 aromatic heterocycles. The number of pyridine rings is 2. The topological polar surface area (TPSA) is 100 Å². The van der Waals surface area contributed by atoms with Gasteiger partial charge in [-0.1, -0.05) is 60.7 Å². The van der Waals surface area contributed by atoms with Crippen molar-refractivity contribution in [2.45, 2.75) is 0 Å². The zero-order valence-electron chi connectivity index (χ0n) is 26.8. The summed E-state index contributed by atoms with van der Waals surface area (Å²) in [5, 5.41) is 21.7. The summed E-state index contributed by atoms with van der Waals surface area (Å²) >= 11 is 0. The van der Waals surface area contributed by atoms with Crippen LogP contribution in [0.5, 0.6) is 0 Å². The molecule has 0 N–H and O–H groups in total. The van der Waals surface area contributed by atoms with Gasteiger partial charge in [0.05, 0.1) is 34.8 Å². The standard InChI is InChI=1S/C42H24N8O/c1-3-7-27(8-4-1)49-35-23-25(11-13-29(35)31-19-21-43-47-41(31)49)33-15-17-37-39(45-33)40-38(51-37)18-16-34(46-40)26-12-14-30-32-20-22-44-48-42(32)50(36(30)24-26)28-9-5-2-6-10-28/h1-24H. The molecule has 0 fully saturated rings. The number of benzene rings is 4. The second-order valence-corrected chi connectivity index (χ2v) is 12.5. The van der Waals surface area contributed by atoms with Crippen LogP contribution in [0.25, 0.3) is 100.0 Å². The van der Waals surface area contributed by atoms with Crippen molar-refractivity contribution in [3.05, 3.63) is 146 Å². The summed E-state index contributed by atoms with van der Waals surface area (Å²) in [5.41, 5.74) is 12.1. The van der Waals surface area contributed by atoms with Crippen molar-refractivity contribution in [2.75, 3.05) is 0 Å². The number of hydrogen-bond acceptors (Lipinski definition) is 7. The molecule has 7 heterocycles. The largest absolute Gasteiger partial charge is 0.453 e. The number of rotatable bonds is 4. The predicted octanol–water partition coefficient (Wildman–Crippen LogP) is 9.48. The summed E-state index contributed by atoms with van der Waals surface area (Å²) in [6.45, 7) is 0. The van der Waals surface area contributed by atoms with Crippen molar-refractivity contribution in [2.24, 2.45) is 0 Å². The molecular weight excluding hydrogens is 633 g/mol. The van der Waals surface area contributed by atoms with Gasteiger partial charge in [-0.15, -0.1) is 10.2 Å². The molecule has 51 heavy (non-hydrogen) atoms. The van der Waals surface area contributed by atoms with Crippen molar-refractivity contribution in [3.63, 3.8) is 0 Å². The second kappa shape index (κ2) is 10.6. The van der Waals surface area contributed by atoms with E-state index in [1.807, 2.05) is 72.8 Å². The third-order valence-corrected chi connectivity index (χ3v) is 9.66. The Morgan fingerprint density at radius 3 is 1.37 bits per heavy atom. The summed E-state index contributed by atoms with van der Waals surface area (Å²) in [4.78, 5) is 10.3. The first-order valence-corrected chi connectivity index (χ1v) is 16.6. The van der Waals surface area contributed by atoms with Crippen molar-refractivity contribution in [3.8, 4) is 33.9 Å². The van der Waals surface area contributed by atoms with Gasteiger partial charge in [0.25, 0.3) is 0 Å². The van der Waals surface area contributed by atoms with Gasteiger partial charge in [-0.05, 0) is 72.8 Å². The zero-order chi connectivity index (χ0) is 33.5. The van der Waals surface area contributed by atoms with Crippen molar-refractivity contribution < 1.29 is 4.42 Å². The highest BCUT2D eigenvalue weighted by Gasteiger charge is 2.18. The van der Waals surface area contributed by atoms with Crippen LogP contribution in [0.3, 0.4) is 0 Å². The van der Waals surface area contributed by atoms with Crippen molar-refractivity contribution in [1.82, 2.24) is 39.5 Å². The lowest BCUT2D eigenvalue weighted by Gasteiger charge is -2.08. The normalized spacial score (nSPS) is 11.9. The third kappa shape index (κ3) is 4.15. The molecule has 11 rings (SSSR count). The van der Waals surface area contributed by atoms with Crippen molar-refractivity contribution in [1.29, 1.82) is 0 Å². The fourth-order valence-corrected chi connectivity index (χ4v) is 7.35. The Bertz CT molecular complexity index is 2930. The van der Waals surface area contributed by atoms with Crippen LogP contribution in [0.1, 0.15) is 0 Å². The quantitative estimate of drug-likeness (QED) is 0.186. The molecule has 238 valence electrons. The number of nitrogens with zero attached hydrogens (tertiary/aromatic N) is 8. The lowest BCUT2D eigenvalue weighted by Crippen LogP contribution is -1.96. The molecule has 11 aromatic rings. The fraction of sp³-hybridized carbons (Fsp3) is 0. The van der Waals surface area contributed by atoms with E-state index >= 15 is 0 Å². The SMILES string of the molecule is c1ccc(-n2c3cc(-c4ccc5oc6ccc(-c7ccc8c9ccnnc9n(-c9ccccc9)c8c7)nc6c5n4)ccc3c3ccnnc32)cc1. The van der Waals surface area contributed by atoms with Gasteiger partial charge in [0.1, 0.15) is 11.0 Å². The highest BCUT2D eigenvalue weighted by molar-refractivity contribution is 6.10. The maximum atomic E-state index is 6.24. The molecule has 0 amide bonds. The van der Waals surface area contributed by atoms with Gasteiger partial charge in [-0.3, -0.25) is 9.13 Å². The molecule has 9 nitrogen and oxygen atoms in total. The van der Waals surface area contributed by atoms with E-state index in [0.29, 0.717) is 22.2 Å². The van der Waals surface area contributed by atoms with Crippen LogP contribution in [0.2, 0.25) is 0 Å². The van der Waals surface area contributed by atoms with Crippen LogP contribution in [0.15, 0.2) is 150 Å². The van der Waals surface area contributed by atoms with Crippen LogP contribution >= 0.6 is 0 Å². The smallest absolute Gasteiger partial charge is 0.168 e. The number of aromatic nitrogens is 8. The molecule has 4 aromatic carbocycles. The Labute approximate surface area is 289 Å². The van der Waals surface area contributed by atoms with Gasteiger partial charge in [0.15, 0.2) is 22.5 Å². The van der Waals surface area contributed by atoms with E-state index in [4.69, 9.17) is 14.4 Å². The first-order chi connectivity index (χ1) is 25.3. The summed E-state index contributed by atoms with van der Waals surface area (Å²) in [6.07, 6.45) is 3.48. The predicted molar refractivity (Wildman–Crippen MR) is 200 cm³/mol. The Morgan fingerprint density at radius 2 is 0.902 bits per heavy atom. The fourth-order valence-electron chi connectivity index (χ4n) is 7.35. The second-order valence-electron chi connectivity index (χ2n) is 12.5. The minimum atomic E-state index is 0.686. The van der Waals surface area contributed by atoms with Gasteiger partial charge in [0, 0.05) is 44.0 Å². The van der Waals surface area contributed by atoms with E-state index in [1.165, 1.54) is 0 Å². The van der Waals surface area contributed by atoms with Gasteiger partial charge in [-0.25, -0.2) is 9.97 Å². The molecule has 0 aliphatic rings. The van der Waals surface area contributed by atoms with E-state index < -0.39 is 0 Å². The molecule has 0 aliphatic heterocycles. The molecule has 0 bridgehead atoms. The lowest BCUT2D eigenvalue weighted by atomic mass is 10.1. The van der Waals surface area contributed by atoms with E-state index in [1.54, 1.807) is 12.4 Å². The molecule has 0 saturated heterocycles. The third-order valence-electron chi connectivity index (χ3n) is 9.66. The highest BCUT2D eigenvalue weighted by atomic mass is 16.3. The Hall–Kier alpha value is -7.26. The number of fused-ring (bicyclic) bond motifs is 9. The van der Waals surface area contributed by atoms with Crippen LogP contribution in [-0.4, -0.2) is 39.5 Å². The molecule has 0 saturated carbocycles. The maximum absolute atomic E-state index is 6.24. The monoisotopic (exact) mass is 656 g/mol. The Morgan fingerprint density at radius 1 is 0.431 bits per heavy atom. The Balaban J connectivity index is 1.07. The Kier molecular flexibility index (Phi) is 5.76. The van der Waals surface area contributed by atoms with E-state index in [-0.39, 0.29) is 0 Å². The van der Waals surface area contributed by atoms with Gasteiger partial charge < -0.3 is 4.42 Å². The zero-order valence-corrected chi connectivity index (χ0v) is 26.8. The van der Waals surface area contributed by atoms with Crippen LogP contribution in [0.4, 0.5) is 0 Å². The van der Waals surface area contributed by atoms with Gasteiger partial charge in [-0.2, -0.15) is 10.2 Å². The van der Waals surface area contributed by atoms with Gasteiger partial charge in [0.2, 0.25) is 0 Å². The molecule has 0 radical (unpaired) electrons. The minimum Gasteiger partial charge on any atom is -0.453 e. The first kappa shape index (κ1) is 27.7. The van der Waals surface area contributed by atoms with E-state index in [0.717, 1.165) is 77.8 Å².